The largest absolute Gasteiger partial charge is 0.495 e. The summed E-state index contributed by atoms with van der Waals surface area (Å²) in [7, 11) is 1.65. The van der Waals surface area contributed by atoms with E-state index in [2.05, 4.69) is 35.2 Å². The molecule has 0 bridgehead atoms. The van der Waals surface area contributed by atoms with E-state index in [1.807, 2.05) is 41.3 Å². The van der Waals surface area contributed by atoms with Crippen LogP contribution in [0.1, 0.15) is 6.92 Å². The van der Waals surface area contributed by atoms with Crippen molar-refractivity contribution in [1.82, 2.24) is 19.7 Å². The van der Waals surface area contributed by atoms with E-state index in [4.69, 9.17) is 9.72 Å². The van der Waals surface area contributed by atoms with Crippen molar-refractivity contribution in [1.29, 1.82) is 0 Å². The summed E-state index contributed by atoms with van der Waals surface area (Å²) in [6.45, 7) is 2.83. The smallest absolute Gasteiger partial charge is 0.159 e. The van der Waals surface area contributed by atoms with Crippen LogP contribution in [0.2, 0.25) is 0 Å². The quantitative estimate of drug-likeness (QED) is 0.563. The van der Waals surface area contributed by atoms with E-state index in [9.17, 15) is 0 Å². The molecule has 4 aromatic rings. The second-order valence-corrected chi connectivity index (χ2v) is 5.73. The van der Waals surface area contributed by atoms with Crippen LogP contribution in [0.15, 0.2) is 61.1 Å². The fourth-order valence-corrected chi connectivity index (χ4v) is 2.95. The average Bonchev–Trinajstić information content (AvgIpc) is 3.11. The van der Waals surface area contributed by atoms with Gasteiger partial charge < -0.3 is 4.74 Å². The maximum Gasteiger partial charge on any atom is 0.159 e. The van der Waals surface area contributed by atoms with Crippen molar-refractivity contribution in [2.75, 3.05) is 7.11 Å². The molecule has 0 N–H and O–H groups in total. The van der Waals surface area contributed by atoms with Crippen LogP contribution in [0.4, 0.5) is 0 Å². The van der Waals surface area contributed by atoms with E-state index in [1.165, 1.54) is 0 Å². The molecule has 5 nitrogen and oxygen atoms in total. The van der Waals surface area contributed by atoms with Crippen molar-refractivity contribution in [2.45, 2.75) is 13.5 Å². The summed E-state index contributed by atoms with van der Waals surface area (Å²) in [5.41, 5.74) is 4.91. The van der Waals surface area contributed by atoms with Gasteiger partial charge in [-0.15, -0.1) is 0 Å². The van der Waals surface area contributed by atoms with Gasteiger partial charge in [-0.2, -0.15) is 5.10 Å². The van der Waals surface area contributed by atoms with Gasteiger partial charge in [0.2, 0.25) is 0 Å². The number of benzene rings is 1. The predicted octanol–water partition coefficient (Wildman–Crippen LogP) is 4.19. The molecule has 0 unspecified atom stereocenters. The Morgan fingerprint density at radius 2 is 1.84 bits per heavy atom. The number of hydrogen-bond donors (Lipinski definition) is 0. The van der Waals surface area contributed by atoms with Crippen molar-refractivity contribution in [3.63, 3.8) is 0 Å². The summed E-state index contributed by atoms with van der Waals surface area (Å²) in [5, 5.41) is 5.49. The highest BCUT2D eigenvalue weighted by Crippen LogP contribution is 2.33. The molecule has 0 aliphatic rings. The molecule has 0 aliphatic heterocycles. The average molecular weight is 330 g/mol. The molecule has 3 heterocycles. The fourth-order valence-electron chi connectivity index (χ4n) is 2.95. The first-order chi connectivity index (χ1) is 12.3. The molecule has 3 aromatic heterocycles. The number of aromatic nitrogens is 4. The fraction of sp³-hybridized carbons (Fsp3) is 0.150. The molecule has 5 heteroatoms. The normalized spacial score (nSPS) is 11.0. The topological polar surface area (TPSA) is 52.8 Å². The Balaban J connectivity index is 2.00. The molecule has 124 valence electrons. The molecular formula is C20H18N4O. The van der Waals surface area contributed by atoms with Gasteiger partial charge in [0.1, 0.15) is 5.75 Å². The first-order valence-electron chi connectivity index (χ1n) is 8.21. The molecule has 4 rings (SSSR count). The maximum absolute atomic E-state index is 5.33. The first-order valence-corrected chi connectivity index (χ1v) is 8.21. The highest BCUT2D eigenvalue weighted by atomic mass is 16.5. The van der Waals surface area contributed by atoms with Crippen molar-refractivity contribution < 1.29 is 4.74 Å². The van der Waals surface area contributed by atoms with Gasteiger partial charge in [0.15, 0.2) is 5.65 Å². The van der Waals surface area contributed by atoms with E-state index < -0.39 is 0 Å². The lowest BCUT2D eigenvalue weighted by atomic mass is 10.0. The van der Waals surface area contributed by atoms with Gasteiger partial charge in [-0.3, -0.25) is 4.98 Å². The third-order valence-electron chi connectivity index (χ3n) is 4.24. The van der Waals surface area contributed by atoms with Gasteiger partial charge in [0.05, 0.1) is 25.2 Å². The van der Waals surface area contributed by atoms with E-state index in [-0.39, 0.29) is 0 Å². The van der Waals surface area contributed by atoms with Gasteiger partial charge in [-0.25, -0.2) is 9.67 Å². The second kappa shape index (κ2) is 6.36. The van der Waals surface area contributed by atoms with E-state index in [0.29, 0.717) is 0 Å². The standard InChI is InChI=1S/C20H18N4O/c1-3-24-20-18(13-22-24)17(15-9-16(25-2)12-21-11-15)10-19(23-20)14-7-5-4-6-8-14/h4-13H,3H2,1-2H3. The van der Waals surface area contributed by atoms with Gasteiger partial charge >= 0.3 is 0 Å². The van der Waals surface area contributed by atoms with Crippen LogP contribution in [0.3, 0.4) is 0 Å². The summed E-state index contributed by atoms with van der Waals surface area (Å²) in [6, 6.07) is 14.2. The molecule has 0 saturated carbocycles. The SMILES string of the molecule is CCn1ncc2c(-c3cncc(OC)c3)cc(-c3ccccc3)nc21. The Hall–Kier alpha value is -3.21. The number of ether oxygens (including phenoxy) is 1. The van der Waals surface area contributed by atoms with Crippen molar-refractivity contribution >= 4 is 11.0 Å². The monoisotopic (exact) mass is 330 g/mol. The maximum atomic E-state index is 5.33. The lowest BCUT2D eigenvalue weighted by Crippen LogP contribution is -1.98. The summed E-state index contributed by atoms with van der Waals surface area (Å²) in [6.07, 6.45) is 5.42. The summed E-state index contributed by atoms with van der Waals surface area (Å²) in [5.74, 6) is 0.728. The molecule has 0 saturated heterocycles. The summed E-state index contributed by atoms with van der Waals surface area (Å²) < 4.78 is 7.25. The number of fused-ring (bicyclic) bond motifs is 1. The molecule has 0 atom stereocenters. The van der Waals surface area contributed by atoms with Crippen LogP contribution in [0, 0.1) is 0 Å². The Morgan fingerprint density at radius 1 is 1.00 bits per heavy atom. The zero-order valence-electron chi connectivity index (χ0n) is 14.2. The highest BCUT2D eigenvalue weighted by Gasteiger charge is 2.14. The van der Waals surface area contributed by atoms with Crippen LogP contribution >= 0.6 is 0 Å². The third-order valence-corrected chi connectivity index (χ3v) is 4.24. The first kappa shape index (κ1) is 15.3. The van der Waals surface area contributed by atoms with E-state index >= 15 is 0 Å². The van der Waals surface area contributed by atoms with Gasteiger partial charge in [0.25, 0.3) is 0 Å². The number of pyridine rings is 2. The lowest BCUT2D eigenvalue weighted by Gasteiger charge is -2.09. The second-order valence-electron chi connectivity index (χ2n) is 5.73. The minimum absolute atomic E-state index is 0.728. The molecule has 25 heavy (non-hydrogen) atoms. The number of methoxy groups -OCH3 is 1. The molecule has 0 fully saturated rings. The van der Waals surface area contributed by atoms with Gasteiger partial charge in [0, 0.05) is 29.3 Å². The van der Waals surface area contributed by atoms with Gasteiger partial charge in [-0.05, 0) is 24.6 Å². The van der Waals surface area contributed by atoms with Crippen molar-refractivity contribution in [2.24, 2.45) is 0 Å². The van der Waals surface area contributed by atoms with Crippen LogP contribution in [0.25, 0.3) is 33.4 Å². The molecule has 0 radical (unpaired) electrons. The Morgan fingerprint density at radius 3 is 2.60 bits per heavy atom. The molecule has 0 aliphatic carbocycles. The van der Waals surface area contributed by atoms with E-state index in [0.717, 1.165) is 45.7 Å². The molecular weight excluding hydrogens is 312 g/mol. The Kier molecular flexibility index (Phi) is 3.90. The summed E-state index contributed by atoms with van der Waals surface area (Å²) in [4.78, 5) is 9.15. The number of nitrogens with zero attached hydrogens (tertiary/aromatic N) is 4. The zero-order chi connectivity index (χ0) is 17.2. The van der Waals surface area contributed by atoms with Gasteiger partial charge in [-0.1, -0.05) is 30.3 Å². The van der Waals surface area contributed by atoms with Crippen LogP contribution in [-0.2, 0) is 6.54 Å². The van der Waals surface area contributed by atoms with Crippen molar-refractivity contribution in [3.05, 3.63) is 61.1 Å². The molecule has 0 amide bonds. The number of rotatable bonds is 4. The third kappa shape index (κ3) is 2.74. The zero-order valence-corrected chi connectivity index (χ0v) is 14.2. The Labute approximate surface area is 145 Å². The number of aryl methyl sites for hydroxylation is 1. The Bertz CT molecular complexity index is 1020. The molecule has 1 aromatic carbocycles. The number of hydrogen-bond acceptors (Lipinski definition) is 4. The van der Waals surface area contributed by atoms with E-state index in [1.54, 1.807) is 13.3 Å². The lowest BCUT2D eigenvalue weighted by molar-refractivity contribution is 0.413. The summed E-state index contributed by atoms with van der Waals surface area (Å²) >= 11 is 0. The minimum Gasteiger partial charge on any atom is -0.495 e. The van der Waals surface area contributed by atoms with Crippen LogP contribution in [-0.4, -0.2) is 26.9 Å². The molecule has 0 spiro atoms. The predicted molar refractivity (Wildman–Crippen MR) is 98.4 cm³/mol. The van der Waals surface area contributed by atoms with Crippen LogP contribution in [0.5, 0.6) is 5.75 Å². The minimum atomic E-state index is 0.728. The van der Waals surface area contributed by atoms with Crippen LogP contribution < -0.4 is 4.74 Å². The highest BCUT2D eigenvalue weighted by molar-refractivity contribution is 5.95. The van der Waals surface area contributed by atoms with Crippen molar-refractivity contribution in [3.8, 4) is 28.1 Å².